The van der Waals surface area contributed by atoms with E-state index in [1.807, 2.05) is 7.05 Å². The monoisotopic (exact) mass is 535 g/mol. The van der Waals surface area contributed by atoms with Crippen LogP contribution in [0.5, 0.6) is 11.8 Å². The van der Waals surface area contributed by atoms with Crippen molar-refractivity contribution in [3.8, 4) is 11.8 Å². The van der Waals surface area contributed by atoms with Crippen LogP contribution in [-0.4, -0.2) is 69.9 Å². The molecule has 2 heterocycles. The fraction of sp³-hybridized carbons (Fsp3) is 0.261. The van der Waals surface area contributed by atoms with Gasteiger partial charge in [-0.1, -0.05) is 11.6 Å². The Bertz CT molecular complexity index is 1280. The molecule has 0 radical (unpaired) electrons. The molecule has 2 aromatic carbocycles. The predicted octanol–water partition coefficient (Wildman–Crippen LogP) is 4.37. The summed E-state index contributed by atoms with van der Waals surface area (Å²) < 4.78 is 44.6. The Balaban J connectivity index is 1.35. The average molecular weight is 536 g/mol. The van der Waals surface area contributed by atoms with E-state index in [0.29, 0.717) is 24.5 Å². The number of carbonyl (C=O) groups excluding carboxylic acids is 2. The summed E-state index contributed by atoms with van der Waals surface area (Å²) in [6, 6.07) is 8.28. The Morgan fingerprint density at radius 1 is 0.973 bits per heavy atom. The number of hydrogen-bond acceptors (Lipinski definition) is 7. The number of hydrogen-bond donors (Lipinski definition) is 2. The third-order valence-corrected chi connectivity index (χ3v) is 5.71. The van der Waals surface area contributed by atoms with Gasteiger partial charge in [-0.15, -0.1) is 0 Å². The van der Waals surface area contributed by atoms with Crippen LogP contribution in [0.3, 0.4) is 0 Å². The highest BCUT2D eigenvalue weighted by molar-refractivity contribution is 6.31. The number of amides is 3. The van der Waals surface area contributed by atoms with Crippen molar-refractivity contribution in [3.63, 3.8) is 0 Å². The zero-order valence-corrected chi connectivity index (χ0v) is 20.2. The van der Waals surface area contributed by atoms with Crippen molar-refractivity contribution in [2.24, 2.45) is 0 Å². The SMILES string of the molecule is CN1CCN(C(=O)c2ncnc(Oc3ccc(NC(=O)Nc4ccc(Cl)c(C(F)(F)F)c4)cc3)n2)CC1. The minimum atomic E-state index is -4.65. The molecule has 0 unspecified atom stereocenters. The predicted molar refractivity (Wildman–Crippen MR) is 129 cm³/mol. The number of halogens is 4. The number of rotatable bonds is 5. The molecule has 194 valence electrons. The molecular formula is C23H21ClF3N7O3. The lowest BCUT2D eigenvalue weighted by Gasteiger charge is -2.31. The molecular weight excluding hydrogens is 515 g/mol. The summed E-state index contributed by atoms with van der Waals surface area (Å²) in [5, 5.41) is 4.36. The molecule has 3 amide bonds. The van der Waals surface area contributed by atoms with Crippen molar-refractivity contribution in [2.45, 2.75) is 6.18 Å². The van der Waals surface area contributed by atoms with Gasteiger partial charge in [0.25, 0.3) is 5.91 Å². The smallest absolute Gasteiger partial charge is 0.417 e. The zero-order valence-electron chi connectivity index (χ0n) is 19.4. The summed E-state index contributed by atoms with van der Waals surface area (Å²) >= 11 is 5.59. The molecule has 0 atom stereocenters. The Kier molecular flexibility index (Phi) is 7.74. The molecule has 0 spiro atoms. The highest BCUT2D eigenvalue weighted by Gasteiger charge is 2.33. The zero-order chi connectivity index (χ0) is 26.6. The molecule has 1 fully saturated rings. The fourth-order valence-electron chi connectivity index (χ4n) is 3.41. The van der Waals surface area contributed by atoms with Crippen molar-refractivity contribution >= 4 is 34.9 Å². The molecule has 2 N–H and O–H groups in total. The first-order chi connectivity index (χ1) is 17.6. The van der Waals surface area contributed by atoms with Gasteiger partial charge >= 0.3 is 18.2 Å². The minimum absolute atomic E-state index is 0.0274. The van der Waals surface area contributed by atoms with E-state index in [0.717, 1.165) is 25.2 Å². The molecule has 3 aromatic rings. The molecule has 1 aliphatic heterocycles. The van der Waals surface area contributed by atoms with E-state index < -0.39 is 22.8 Å². The summed E-state index contributed by atoms with van der Waals surface area (Å²) in [5.41, 5.74) is -0.789. The largest absolute Gasteiger partial charge is 0.424 e. The van der Waals surface area contributed by atoms with Crippen LogP contribution >= 0.6 is 11.6 Å². The van der Waals surface area contributed by atoms with Gasteiger partial charge < -0.3 is 25.2 Å². The molecule has 14 heteroatoms. The van der Waals surface area contributed by atoms with E-state index in [-0.39, 0.29) is 23.4 Å². The molecule has 1 aliphatic rings. The van der Waals surface area contributed by atoms with E-state index >= 15 is 0 Å². The molecule has 0 bridgehead atoms. The van der Waals surface area contributed by atoms with E-state index in [9.17, 15) is 22.8 Å². The van der Waals surface area contributed by atoms with Crippen LogP contribution < -0.4 is 15.4 Å². The van der Waals surface area contributed by atoms with Crippen LogP contribution in [0.4, 0.5) is 29.3 Å². The number of likely N-dealkylation sites (N-methyl/N-ethyl adjacent to an activating group) is 1. The van der Waals surface area contributed by atoms with Crippen molar-refractivity contribution in [2.75, 3.05) is 43.9 Å². The lowest BCUT2D eigenvalue weighted by Crippen LogP contribution is -2.47. The summed E-state index contributed by atoms with van der Waals surface area (Å²) in [6.07, 6.45) is -3.47. The standard InChI is InChI=1S/C23H21ClF3N7O3/c1-33-8-10-34(11-9-33)20(35)19-28-13-29-22(32-19)37-16-5-2-14(3-6-16)30-21(36)31-15-4-7-18(24)17(12-15)23(25,26)27/h2-7,12-13H,8-11H2,1H3,(H2,30,31,36). The van der Waals surface area contributed by atoms with Gasteiger partial charge in [0, 0.05) is 37.6 Å². The lowest BCUT2D eigenvalue weighted by molar-refractivity contribution is -0.137. The van der Waals surface area contributed by atoms with E-state index in [2.05, 4.69) is 30.5 Å². The van der Waals surface area contributed by atoms with Crippen molar-refractivity contribution < 1.29 is 27.5 Å². The third kappa shape index (κ3) is 6.83. The molecule has 1 aromatic heterocycles. The highest BCUT2D eigenvalue weighted by atomic mass is 35.5. The number of urea groups is 1. The maximum absolute atomic E-state index is 13.0. The van der Waals surface area contributed by atoms with Crippen LogP contribution in [0.15, 0.2) is 48.8 Å². The topological polar surface area (TPSA) is 113 Å². The van der Waals surface area contributed by atoms with Gasteiger partial charge in [-0.3, -0.25) is 4.79 Å². The molecule has 0 saturated carbocycles. The summed E-state index contributed by atoms with van der Waals surface area (Å²) in [5.74, 6) is -0.0167. The highest BCUT2D eigenvalue weighted by Crippen LogP contribution is 2.36. The summed E-state index contributed by atoms with van der Waals surface area (Å²) in [7, 11) is 1.98. The number of aromatic nitrogens is 3. The second kappa shape index (κ2) is 11.0. The summed E-state index contributed by atoms with van der Waals surface area (Å²) in [6.45, 7) is 2.65. The molecule has 0 aliphatic carbocycles. The number of ether oxygens (including phenoxy) is 1. The van der Waals surface area contributed by atoms with Gasteiger partial charge in [-0.25, -0.2) is 9.78 Å². The molecule has 1 saturated heterocycles. The Morgan fingerprint density at radius 3 is 2.30 bits per heavy atom. The molecule has 4 rings (SSSR count). The number of nitrogens with zero attached hydrogens (tertiary/aromatic N) is 5. The van der Waals surface area contributed by atoms with Gasteiger partial charge in [0.15, 0.2) is 0 Å². The Labute approximate surface area is 214 Å². The first kappa shape index (κ1) is 26.1. The van der Waals surface area contributed by atoms with E-state index in [1.165, 1.54) is 36.7 Å². The Morgan fingerprint density at radius 2 is 1.62 bits per heavy atom. The quantitative estimate of drug-likeness (QED) is 0.499. The van der Waals surface area contributed by atoms with E-state index in [4.69, 9.17) is 16.3 Å². The minimum Gasteiger partial charge on any atom is -0.424 e. The first-order valence-corrected chi connectivity index (χ1v) is 11.4. The van der Waals surface area contributed by atoms with Crippen molar-refractivity contribution in [1.82, 2.24) is 24.8 Å². The molecule has 10 nitrogen and oxygen atoms in total. The fourth-order valence-corrected chi connectivity index (χ4v) is 3.63. The number of alkyl halides is 3. The lowest BCUT2D eigenvalue weighted by atomic mass is 10.2. The van der Waals surface area contributed by atoms with Gasteiger partial charge in [-0.05, 0) is 49.5 Å². The number of benzene rings is 2. The van der Waals surface area contributed by atoms with Crippen LogP contribution in [0.1, 0.15) is 16.2 Å². The van der Waals surface area contributed by atoms with Crippen LogP contribution in [-0.2, 0) is 6.18 Å². The van der Waals surface area contributed by atoms with Gasteiger partial charge in [0.05, 0.1) is 10.6 Å². The van der Waals surface area contributed by atoms with E-state index in [1.54, 1.807) is 4.90 Å². The maximum atomic E-state index is 13.0. The molecule has 37 heavy (non-hydrogen) atoms. The number of piperazine rings is 1. The van der Waals surface area contributed by atoms with Crippen molar-refractivity contribution in [1.29, 1.82) is 0 Å². The Hall–Kier alpha value is -3.97. The third-order valence-electron chi connectivity index (χ3n) is 5.38. The summed E-state index contributed by atoms with van der Waals surface area (Å²) in [4.78, 5) is 40.6. The number of anilines is 2. The van der Waals surface area contributed by atoms with Gasteiger partial charge in [0.1, 0.15) is 12.1 Å². The number of carbonyl (C=O) groups is 2. The second-order valence-corrected chi connectivity index (χ2v) is 8.49. The number of nitrogens with one attached hydrogen (secondary N) is 2. The average Bonchev–Trinajstić information content (AvgIpc) is 2.86. The normalized spacial score (nSPS) is 14.2. The van der Waals surface area contributed by atoms with Crippen LogP contribution in [0.2, 0.25) is 5.02 Å². The van der Waals surface area contributed by atoms with Gasteiger partial charge in [-0.2, -0.15) is 23.1 Å². The van der Waals surface area contributed by atoms with Crippen molar-refractivity contribution in [3.05, 3.63) is 65.2 Å². The van der Waals surface area contributed by atoms with Gasteiger partial charge in [0.2, 0.25) is 5.82 Å². The van der Waals surface area contributed by atoms with Crippen LogP contribution in [0, 0.1) is 0 Å². The second-order valence-electron chi connectivity index (χ2n) is 8.09. The van der Waals surface area contributed by atoms with Crippen LogP contribution in [0.25, 0.3) is 0 Å². The maximum Gasteiger partial charge on any atom is 0.417 e. The first-order valence-electron chi connectivity index (χ1n) is 11.0.